The monoisotopic (exact) mass is 891 g/mol. The zero-order chi connectivity index (χ0) is 46.1. The Hall–Kier alpha value is -1.59. The molecule has 0 spiro atoms. The summed E-state index contributed by atoms with van der Waals surface area (Å²) in [5, 5.41) is 0. The first-order valence-electron chi connectivity index (χ1n) is 28.3. The molecule has 0 heterocycles. The van der Waals surface area contributed by atoms with Crippen LogP contribution in [0.4, 0.5) is 0 Å². The molecule has 0 amide bonds. The molecule has 0 saturated heterocycles. The Morgan fingerprint density at radius 1 is 0.333 bits per heavy atom. The molecule has 0 fully saturated rings. The van der Waals surface area contributed by atoms with Gasteiger partial charge in [-0.1, -0.05) is 279 Å². The van der Waals surface area contributed by atoms with E-state index in [0.717, 1.165) is 69.6 Å². The summed E-state index contributed by atoms with van der Waals surface area (Å²) >= 11 is 0. The van der Waals surface area contributed by atoms with E-state index in [-0.39, 0.29) is 31.1 Å². The minimum Gasteiger partial charge on any atom is -0.462 e. The number of rotatable bonds is 51. The summed E-state index contributed by atoms with van der Waals surface area (Å²) in [5.74, 6) is 0.842. The number of carbonyl (C=O) groups excluding carboxylic acids is 3. The van der Waals surface area contributed by atoms with Crippen LogP contribution in [0.2, 0.25) is 0 Å². The predicted molar refractivity (Wildman–Crippen MR) is 270 cm³/mol. The molecule has 0 rings (SSSR count). The second-order valence-electron chi connectivity index (χ2n) is 20.3. The molecule has 0 N–H and O–H groups in total. The lowest BCUT2D eigenvalue weighted by Gasteiger charge is -2.18. The first kappa shape index (κ1) is 61.4. The molecule has 0 saturated carbocycles. The van der Waals surface area contributed by atoms with Gasteiger partial charge in [0.15, 0.2) is 6.10 Å². The van der Waals surface area contributed by atoms with Crippen LogP contribution in [-0.4, -0.2) is 37.2 Å². The van der Waals surface area contributed by atoms with Crippen molar-refractivity contribution in [1.29, 1.82) is 0 Å². The van der Waals surface area contributed by atoms with E-state index in [9.17, 15) is 14.4 Å². The van der Waals surface area contributed by atoms with Crippen molar-refractivity contribution in [3.05, 3.63) is 0 Å². The van der Waals surface area contributed by atoms with E-state index in [1.54, 1.807) is 0 Å². The summed E-state index contributed by atoms with van der Waals surface area (Å²) in [7, 11) is 0. The minimum atomic E-state index is -0.762. The molecule has 0 bridgehead atoms. The Morgan fingerprint density at radius 2 is 0.603 bits per heavy atom. The van der Waals surface area contributed by atoms with E-state index in [0.29, 0.717) is 19.3 Å². The Bertz CT molecular complexity index is 964. The third kappa shape index (κ3) is 49.7. The fourth-order valence-electron chi connectivity index (χ4n) is 8.66. The molecule has 0 aromatic rings. The van der Waals surface area contributed by atoms with Gasteiger partial charge in [0.1, 0.15) is 13.2 Å². The lowest BCUT2D eigenvalue weighted by Crippen LogP contribution is -2.30. The maximum atomic E-state index is 12.8. The molecule has 0 radical (unpaired) electrons. The van der Waals surface area contributed by atoms with Crippen molar-refractivity contribution < 1.29 is 28.6 Å². The number of ether oxygens (including phenoxy) is 3. The molecule has 6 heteroatoms. The second kappa shape index (κ2) is 49.8. The molecule has 0 aliphatic rings. The Labute approximate surface area is 393 Å². The van der Waals surface area contributed by atoms with Crippen LogP contribution in [0.1, 0.15) is 317 Å². The van der Waals surface area contributed by atoms with Gasteiger partial charge in [-0.15, -0.1) is 0 Å². The Morgan fingerprint density at radius 3 is 0.905 bits per heavy atom. The molecule has 0 aliphatic heterocycles. The number of carbonyl (C=O) groups is 3. The Balaban J connectivity index is 4.17. The normalized spacial score (nSPS) is 12.5. The summed E-state index contributed by atoms with van der Waals surface area (Å²) in [6.45, 7) is 11.4. The van der Waals surface area contributed by atoms with E-state index in [2.05, 4.69) is 34.6 Å². The number of unbranched alkanes of at least 4 members (excludes halogenated alkanes) is 35. The SMILES string of the molecule is CCCCCCCCCCCCCCCC(=O)OC[C@@H](COC(=O)CCCCCCCCCCCCCCCCCCCCC(C)CC)OC(=O)CCCCCCCCCC(C)C. The average Bonchev–Trinajstić information content (AvgIpc) is 3.27. The molecule has 6 nitrogen and oxygen atoms in total. The summed E-state index contributed by atoms with van der Waals surface area (Å²) in [5.41, 5.74) is 0. The minimum absolute atomic E-state index is 0.0638. The highest BCUT2D eigenvalue weighted by atomic mass is 16.6. The van der Waals surface area contributed by atoms with Gasteiger partial charge in [0.05, 0.1) is 0 Å². The highest BCUT2D eigenvalue weighted by Gasteiger charge is 2.19. The van der Waals surface area contributed by atoms with Gasteiger partial charge in [-0.3, -0.25) is 14.4 Å². The zero-order valence-electron chi connectivity index (χ0n) is 43.2. The molecule has 63 heavy (non-hydrogen) atoms. The summed E-state index contributed by atoms with van der Waals surface area (Å²) < 4.78 is 16.8. The standard InChI is InChI=1S/C57H110O6/c1-6-8-9-10-11-12-13-20-24-27-32-37-42-47-55(58)61-50-54(63-57(60)49-44-39-34-29-30-35-40-45-52(3)4)51-62-56(59)48-43-38-33-28-25-22-19-17-15-14-16-18-21-23-26-31-36-41-46-53(5)7-2/h52-54H,6-51H2,1-5H3/t53?,54-/m0/s1. The topological polar surface area (TPSA) is 78.9 Å². The van der Waals surface area contributed by atoms with Crippen LogP contribution < -0.4 is 0 Å². The Kier molecular flexibility index (Phi) is 48.6. The van der Waals surface area contributed by atoms with E-state index in [1.165, 1.54) is 205 Å². The van der Waals surface area contributed by atoms with Crippen molar-refractivity contribution in [2.75, 3.05) is 13.2 Å². The van der Waals surface area contributed by atoms with Gasteiger partial charge in [0.2, 0.25) is 0 Å². The van der Waals surface area contributed by atoms with E-state index in [1.807, 2.05) is 0 Å². The van der Waals surface area contributed by atoms with Crippen molar-refractivity contribution in [2.24, 2.45) is 11.8 Å². The fourth-order valence-corrected chi connectivity index (χ4v) is 8.66. The summed E-state index contributed by atoms with van der Waals surface area (Å²) in [4.78, 5) is 38.0. The lowest BCUT2D eigenvalue weighted by molar-refractivity contribution is -0.167. The van der Waals surface area contributed by atoms with Gasteiger partial charge in [-0.25, -0.2) is 0 Å². The first-order chi connectivity index (χ1) is 30.8. The van der Waals surface area contributed by atoms with Crippen LogP contribution in [-0.2, 0) is 28.6 Å². The second-order valence-corrected chi connectivity index (χ2v) is 20.3. The average molecular weight is 892 g/mol. The number of hydrogen-bond acceptors (Lipinski definition) is 6. The van der Waals surface area contributed by atoms with Crippen molar-refractivity contribution in [3.8, 4) is 0 Å². The fraction of sp³-hybridized carbons (Fsp3) is 0.947. The predicted octanol–water partition coefficient (Wildman–Crippen LogP) is 18.5. The largest absolute Gasteiger partial charge is 0.462 e. The maximum absolute atomic E-state index is 12.8. The summed E-state index contributed by atoms with van der Waals surface area (Å²) in [6.07, 6.45) is 52.4. The highest BCUT2D eigenvalue weighted by molar-refractivity contribution is 5.71. The van der Waals surface area contributed by atoms with Gasteiger partial charge in [0.25, 0.3) is 0 Å². The lowest BCUT2D eigenvalue weighted by atomic mass is 9.99. The van der Waals surface area contributed by atoms with Crippen LogP contribution >= 0.6 is 0 Å². The van der Waals surface area contributed by atoms with E-state index >= 15 is 0 Å². The molecular weight excluding hydrogens is 781 g/mol. The molecule has 2 atom stereocenters. The van der Waals surface area contributed by atoms with Crippen molar-refractivity contribution >= 4 is 17.9 Å². The van der Waals surface area contributed by atoms with Crippen molar-refractivity contribution in [1.82, 2.24) is 0 Å². The molecular formula is C57H110O6. The molecule has 1 unspecified atom stereocenters. The van der Waals surface area contributed by atoms with Crippen LogP contribution in [0.25, 0.3) is 0 Å². The highest BCUT2D eigenvalue weighted by Crippen LogP contribution is 2.18. The third-order valence-electron chi connectivity index (χ3n) is 13.3. The van der Waals surface area contributed by atoms with Gasteiger partial charge < -0.3 is 14.2 Å². The summed E-state index contributed by atoms with van der Waals surface area (Å²) in [6, 6.07) is 0. The van der Waals surface area contributed by atoms with Crippen molar-refractivity contribution in [2.45, 2.75) is 323 Å². The molecule has 0 aliphatic carbocycles. The molecule has 0 aromatic carbocycles. The zero-order valence-corrected chi connectivity index (χ0v) is 43.2. The van der Waals surface area contributed by atoms with Crippen LogP contribution in [0, 0.1) is 11.8 Å². The quantitative estimate of drug-likeness (QED) is 0.0344. The van der Waals surface area contributed by atoms with Gasteiger partial charge >= 0.3 is 17.9 Å². The van der Waals surface area contributed by atoms with Crippen LogP contribution in [0.3, 0.4) is 0 Å². The molecule has 374 valence electrons. The van der Waals surface area contributed by atoms with Crippen LogP contribution in [0.5, 0.6) is 0 Å². The van der Waals surface area contributed by atoms with E-state index in [4.69, 9.17) is 14.2 Å². The smallest absolute Gasteiger partial charge is 0.306 e. The maximum Gasteiger partial charge on any atom is 0.306 e. The van der Waals surface area contributed by atoms with E-state index < -0.39 is 6.10 Å². The van der Waals surface area contributed by atoms with Gasteiger partial charge in [-0.2, -0.15) is 0 Å². The first-order valence-corrected chi connectivity index (χ1v) is 28.3. The third-order valence-corrected chi connectivity index (χ3v) is 13.3. The number of esters is 3. The molecule has 0 aromatic heterocycles. The van der Waals surface area contributed by atoms with Crippen LogP contribution in [0.15, 0.2) is 0 Å². The van der Waals surface area contributed by atoms with Gasteiger partial charge in [-0.05, 0) is 31.1 Å². The van der Waals surface area contributed by atoms with Gasteiger partial charge in [0, 0.05) is 19.3 Å². The number of hydrogen-bond donors (Lipinski definition) is 0. The van der Waals surface area contributed by atoms with Crippen molar-refractivity contribution in [3.63, 3.8) is 0 Å².